The van der Waals surface area contributed by atoms with Crippen LogP contribution in [0.5, 0.6) is 5.75 Å². The first-order chi connectivity index (χ1) is 11.9. The predicted molar refractivity (Wildman–Crippen MR) is 97.1 cm³/mol. The van der Waals surface area contributed by atoms with Crippen molar-refractivity contribution in [1.29, 1.82) is 0 Å². The second-order valence-electron chi connectivity index (χ2n) is 5.08. The highest BCUT2D eigenvalue weighted by atomic mass is 32.2. The zero-order chi connectivity index (χ0) is 18.1. The number of nitrogens with zero attached hydrogens (tertiary/aromatic N) is 1. The van der Waals surface area contributed by atoms with E-state index in [2.05, 4.69) is 0 Å². The molecule has 3 rings (SSSR count). The molecule has 1 heterocycles. The number of hydrogen-bond donors (Lipinski definition) is 2. The monoisotopic (exact) mass is 375 g/mol. The molecular formula is C17H10FNO4S2. The number of phenols is 1. The van der Waals surface area contributed by atoms with Crippen LogP contribution in [0.2, 0.25) is 0 Å². The Labute approximate surface area is 151 Å². The van der Waals surface area contributed by atoms with Crippen LogP contribution >= 0.6 is 24.0 Å². The first kappa shape index (κ1) is 17.1. The van der Waals surface area contributed by atoms with Gasteiger partial charge in [0.2, 0.25) is 0 Å². The molecule has 2 N–H and O–H groups in total. The molecule has 1 saturated heterocycles. The number of carboxylic acid groups (broad SMARTS) is 1. The number of thiocarbonyl (C=S) groups is 1. The van der Waals surface area contributed by atoms with Crippen molar-refractivity contribution in [1.82, 2.24) is 0 Å². The number of rotatable bonds is 3. The molecule has 0 aliphatic carbocycles. The number of hydrogen-bond acceptors (Lipinski definition) is 5. The second-order valence-corrected chi connectivity index (χ2v) is 6.75. The van der Waals surface area contributed by atoms with Gasteiger partial charge in [0, 0.05) is 6.07 Å². The summed E-state index contributed by atoms with van der Waals surface area (Å²) in [6.45, 7) is 0. The van der Waals surface area contributed by atoms with Gasteiger partial charge in [-0.2, -0.15) is 0 Å². The van der Waals surface area contributed by atoms with E-state index in [1.807, 2.05) is 0 Å². The molecule has 25 heavy (non-hydrogen) atoms. The Morgan fingerprint density at radius 2 is 2.00 bits per heavy atom. The maximum Gasteiger partial charge on any atom is 0.339 e. The minimum Gasteiger partial charge on any atom is -0.507 e. The maximum absolute atomic E-state index is 13.3. The van der Waals surface area contributed by atoms with Crippen LogP contribution in [0.1, 0.15) is 15.9 Å². The van der Waals surface area contributed by atoms with Gasteiger partial charge in [-0.15, -0.1) is 0 Å². The van der Waals surface area contributed by atoms with Crippen LogP contribution in [0, 0.1) is 5.82 Å². The minimum atomic E-state index is -1.28. The molecule has 5 nitrogen and oxygen atoms in total. The van der Waals surface area contributed by atoms with Crippen LogP contribution in [0.3, 0.4) is 0 Å². The summed E-state index contributed by atoms with van der Waals surface area (Å²) in [4.78, 5) is 25.0. The molecule has 8 heteroatoms. The van der Waals surface area contributed by atoms with Crippen molar-refractivity contribution < 1.29 is 24.2 Å². The summed E-state index contributed by atoms with van der Waals surface area (Å²) in [5.41, 5.74) is 0.502. The Morgan fingerprint density at radius 3 is 2.64 bits per heavy atom. The molecule has 0 saturated carbocycles. The lowest BCUT2D eigenvalue weighted by atomic mass is 10.1. The second kappa shape index (κ2) is 6.66. The molecule has 0 atom stereocenters. The smallest absolute Gasteiger partial charge is 0.339 e. The van der Waals surface area contributed by atoms with Gasteiger partial charge in [-0.1, -0.05) is 36.1 Å². The number of amides is 1. The molecule has 2 aromatic carbocycles. The van der Waals surface area contributed by atoms with Gasteiger partial charge in [-0.3, -0.25) is 9.69 Å². The number of aromatic carboxylic acids is 1. The summed E-state index contributed by atoms with van der Waals surface area (Å²) in [7, 11) is 0. The largest absolute Gasteiger partial charge is 0.507 e. The van der Waals surface area contributed by atoms with Crippen molar-refractivity contribution in [2.75, 3.05) is 4.90 Å². The van der Waals surface area contributed by atoms with E-state index in [0.717, 1.165) is 11.8 Å². The zero-order valence-corrected chi connectivity index (χ0v) is 14.1. The molecule has 0 spiro atoms. The van der Waals surface area contributed by atoms with Crippen LogP contribution in [0.4, 0.5) is 10.1 Å². The van der Waals surface area contributed by atoms with Crippen molar-refractivity contribution in [3.63, 3.8) is 0 Å². The Hall–Kier alpha value is -2.71. The first-order valence-corrected chi connectivity index (χ1v) is 8.19. The predicted octanol–water partition coefficient (Wildman–Crippen LogP) is 3.64. The van der Waals surface area contributed by atoms with Crippen molar-refractivity contribution in [2.24, 2.45) is 0 Å². The molecule has 0 unspecified atom stereocenters. The average molecular weight is 375 g/mol. The van der Waals surface area contributed by atoms with E-state index in [0.29, 0.717) is 10.5 Å². The van der Waals surface area contributed by atoms with Gasteiger partial charge in [0.15, 0.2) is 4.32 Å². The molecule has 126 valence electrons. The normalized spacial score (nSPS) is 15.9. The molecule has 1 aliphatic heterocycles. The standard InChI is InChI=1S/C17H10FNO4S2/c18-10-3-1-2-9(6-10)7-14-15(21)19(17(24)25-14)11-4-5-12(16(22)23)13(20)8-11/h1-8,20H,(H,22,23)/b14-7-. The summed E-state index contributed by atoms with van der Waals surface area (Å²) in [6, 6.07) is 9.53. The van der Waals surface area contributed by atoms with Crippen LogP contribution in [-0.2, 0) is 4.79 Å². The number of anilines is 1. The van der Waals surface area contributed by atoms with E-state index >= 15 is 0 Å². The summed E-state index contributed by atoms with van der Waals surface area (Å²) in [6.07, 6.45) is 1.52. The number of halogens is 1. The highest BCUT2D eigenvalue weighted by molar-refractivity contribution is 8.27. The van der Waals surface area contributed by atoms with E-state index in [9.17, 15) is 19.1 Å². The van der Waals surface area contributed by atoms with Crippen molar-refractivity contribution in [2.45, 2.75) is 0 Å². The SMILES string of the molecule is O=C(O)c1ccc(N2C(=O)/C(=C/c3cccc(F)c3)SC2=S)cc1O. The lowest BCUT2D eigenvalue weighted by Crippen LogP contribution is -2.27. The number of thioether (sulfide) groups is 1. The van der Waals surface area contributed by atoms with Crippen LogP contribution in [0.15, 0.2) is 47.4 Å². The summed E-state index contributed by atoms with van der Waals surface area (Å²) in [5.74, 6) is -2.59. The van der Waals surface area contributed by atoms with Crippen molar-refractivity contribution in [3.8, 4) is 5.75 Å². The van der Waals surface area contributed by atoms with E-state index in [1.165, 1.54) is 47.4 Å². The lowest BCUT2D eigenvalue weighted by Gasteiger charge is -2.15. The van der Waals surface area contributed by atoms with Gasteiger partial charge in [0.25, 0.3) is 5.91 Å². The minimum absolute atomic E-state index is 0.232. The number of carboxylic acids is 1. The Balaban J connectivity index is 1.94. The number of aromatic hydroxyl groups is 1. The molecule has 0 aromatic heterocycles. The number of benzene rings is 2. The van der Waals surface area contributed by atoms with E-state index in [4.69, 9.17) is 17.3 Å². The lowest BCUT2D eigenvalue weighted by molar-refractivity contribution is -0.113. The first-order valence-electron chi connectivity index (χ1n) is 6.96. The number of carbonyl (C=O) groups is 2. The van der Waals surface area contributed by atoms with Gasteiger partial charge in [-0.05, 0) is 35.9 Å². The molecule has 1 amide bonds. The Morgan fingerprint density at radius 1 is 1.24 bits per heavy atom. The van der Waals surface area contributed by atoms with Crippen LogP contribution in [-0.4, -0.2) is 26.4 Å². The van der Waals surface area contributed by atoms with E-state index < -0.39 is 23.4 Å². The molecular weight excluding hydrogens is 365 g/mol. The third-order valence-corrected chi connectivity index (χ3v) is 4.71. The highest BCUT2D eigenvalue weighted by Gasteiger charge is 2.33. The number of carbonyl (C=O) groups excluding carboxylic acids is 1. The fourth-order valence-electron chi connectivity index (χ4n) is 2.28. The van der Waals surface area contributed by atoms with Crippen LogP contribution in [0.25, 0.3) is 6.08 Å². The molecule has 0 bridgehead atoms. The van der Waals surface area contributed by atoms with E-state index in [1.54, 1.807) is 6.07 Å². The van der Waals surface area contributed by atoms with Gasteiger partial charge in [0.05, 0.1) is 10.6 Å². The topological polar surface area (TPSA) is 77.8 Å². The summed E-state index contributed by atoms with van der Waals surface area (Å²) < 4.78 is 13.5. The highest BCUT2D eigenvalue weighted by Crippen LogP contribution is 2.37. The fraction of sp³-hybridized carbons (Fsp3) is 0. The average Bonchev–Trinajstić information content (AvgIpc) is 2.81. The Bertz CT molecular complexity index is 942. The van der Waals surface area contributed by atoms with Gasteiger partial charge < -0.3 is 10.2 Å². The van der Waals surface area contributed by atoms with Gasteiger partial charge >= 0.3 is 5.97 Å². The van der Waals surface area contributed by atoms with E-state index in [-0.39, 0.29) is 15.6 Å². The quantitative estimate of drug-likeness (QED) is 0.630. The van der Waals surface area contributed by atoms with Crippen molar-refractivity contribution >= 4 is 51.9 Å². The van der Waals surface area contributed by atoms with Crippen molar-refractivity contribution in [3.05, 3.63) is 64.3 Å². The van der Waals surface area contributed by atoms with Crippen LogP contribution < -0.4 is 4.90 Å². The third-order valence-electron chi connectivity index (χ3n) is 3.41. The van der Waals surface area contributed by atoms with Gasteiger partial charge in [-0.25, -0.2) is 9.18 Å². The summed E-state index contributed by atoms with van der Waals surface area (Å²) in [5, 5.41) is 18.7. The zero-order valence-electron chi connectivity index (χ0n) is 12.5. The molecule has 2 aromatic rings. The Kier molecular flexibility index (Phi) is 4.56. The third kappa shape index (κ3) is 3.40. The molecule has 1 aliphatic rings. The maximum atomic E-state index is 13.3. The van der Waals surface area contributed by atoms with Gasteiger partial charge in [0.1, 0.15) is 17.1 Å². The molecule has 0 radical (unpaired) electrons. The molecule has 1 fully saturated rings. The summed E-state index contributed by atoms with van der Waals surface area (Å²) >= 11 is 6.24. The fourth-order valence-corrected chi connectivity index (χ4v) is 3.58.